The van der Waals surface area contributed by atoms with Crippen molar-refractivity contribution in [3.8, 4) is 0 Å². The number of piperazine rings is 1. The molecule has 1 aromatic carbocycles. The van der Waals surface area contributed by atoms with E-state index in [0.29, 0.717) is 0 Å². The molecule has 0 radical (unpaired) electrons. The van der Waals surface area contributed by atoms with Crippen molar-refractivity contribution < 1.29 is 9.13 Å². The highest BCUT2D eigenvalue weighted by Gasteiger charge is 2.16. The van der Waals surface area contributed by atoms with Crippen LogP contribution in [0.4, 0.5) is 10.1 Å². The number of anilines is 1. The third kappa shape index (κ3) is 6.88. The largest absolute Gasteiger partial charge is 0.385 e. The lowest BCUT2D eigenvalue weighted by Crippen LogP contribution is -2.49. The molecule has 25 heavy (non-hydrogen) atoms. The number of nitrogens with one attached hydrogen (secondary N) is 2. The summed E-state index contributed by atoms with van der Waals surface area (Å²) in [5.74, 6) is 0.652. The molecule has 0 atom stereocenters. The molecule has 0 unspecified atom stereocenters. The molecule has 1 aliphatic rings. The molecule has 6 nitrogen and oxygen atoms in total. The van der Waals surface area contributed by atoms with Gasteiger partial charge < -0.3 is 20.3 Å². The summed E-state index contributed by atoms with van der Waals surface area (Å²) in [6, 6.07) is 6.76. The van der Waals surface area contributed by atoms with E-state index in [1.165, 1.54) is 12.1 Å². The third-order valence-electron chi connectivity index (χ3n) is 4.33. The molecule has 140 valence electrons. The lowest BCUT2D eigenvalue weighted by atomic mass is 10.2. The molecule has 7 heteroatoms. The Morgan fingerprint density at radius 3 is 2.44 bits per heavy atom. The lowest BCUT2D eigenvalue weighted by Gasteiger charge is -2.36. The lowest BCUT2D eigenvalue weighted by molar-refractivity contribution is 0.195. The van der Waals surface area contributed by atoms with E-state index >= 15 is 0 Å². The third-order valence-corrected chi connectivity index (χ3v) is 4.33. The van der Waals surface area contributed by atoms with Crippen LogP contribution in [0.1, 0.15) is 6.42 Å². The highest BCUT2D eigenvalue weighted by atomic mass is 19.1. The van der Waals surface area contributed by atoms with Crippen LogP contribution in [0.5, 0.6) is 0 Å². The van der Waals surface area contributed by atoms with Gasteiger partial charge in [0.1, 0.15) is 5.82 Å². The number of guanidine groups is 1. The van der Waals surface area contributed by atoms with Crippen molar-refractivity contribution in [2.75, 3.05) is 71.5 Å². The maximum Gasteiger partial charge on any atom is 0.191 e. The zero-order chi connectivity index (χ0) is 17.9. The minimum atomic E-state index is -0.183. The summed E-state index contributed by atoms with van der Waals surface area (Å²) >= 11 is 0. The Balaban J connectivity index is 1.62. The molecule has 0 amide bonds. The summed E-state index contributed by atoms with van der Waals surface area (Å²) in [5.41, 5.74) is 1.10. The first-order chi connectivity index (χ1) is 12.2. The Labute approximate surface area is 150 Å². The topological polar surface area (TPSA) is 52.1 Å². The van der Waals surface area contributed by atoms with E-state index in [1.807, 2.05) is 12.1 Å². The second-order valence-electron chi connectivity index (χ2n) is 6.08. The van der Waals surface area contributed by atoms with Gasteiger partial charge in [0.05, 0.1) is 0 Å². The van der Waals surface area contributed by atoms with Crippen LogP contribution in [0.25, 0.3) is 0 Å². The average molecular weight is 351 g/mol. The number of hydrogen-bond acceptors (Lipinski definition) is 4. The van der Waals surface area contributed by atoms with Gasteiger partial charge in [-0.2, -0.15) is 0 Å². The van der Waals surface area contributed by atoms with Crippen LogP contribution in [-0.4, -0.2) is 77.4 Å². The maximum atomic E-state index is 13.0. The molecule has 0 bridgehead atoms. The second kappa shape index (κ2) is 10.9. The zero-order valence-electron chi connectivity index (χ0n) is 15.3. The van der Waals surface area contributed by atoms with Crippen LogP contribution in [0.15, 0.2) is 29.3 Å². The fraction of sp³-hybridized carbons (Fsp3) is 0.611. The van der Waals surface area contributed by atoms with Gasteiger partial charge in [-0.3, -0.25) is 9.89 Å². The zero-order valence-corrected chi connectivity index (χ0v) is 15.3. The van der Waals surface area contributed by atoms with Crippen LogP contribution in [0.2, 0.25) is 0 Å². The normalized spacial score (nSPS) is 16.1. The van der Waals surface area contributed by atoms with Crippen LogP contribution in [0.3, 0.4) is 0 Å². The van der Waals surface area contributed by atoms with E-state index in [0.717, 1.165) is 70.5 Å². The number of benzene rings is 1. The number of nitrogens with zero attached hydrogens (tertiary/aromatic N) is 3. The number of ether oxygens (including phenoxy) is 1. The first kappa shape index (κ1) is 19.5. The van der Waals surface area contributed by atoms with Gasteiger partial charge in [-0.1, -0.05) is 0 Å². The fourth-order valence-corrected chi connectivity index (χ4v) is 2.86. The highest BCUT2D eigenvalue weighted by molar-refractivity contribution is 5.79. The van der Waals surface area contributed by atoms with E-state index in [-0.39, 0.29) is 5.82 Å². The Bertz CT molecular complexity index is 515. The summed E-state index contributed by atoms with van der Waals surface area (Å²) in [6.07, 6.45) is 0.961. The maximum absolute atomic E-state index is 13.0. The predicted molar refractivity (Wildman–Crippen MR) is 101 cm³/mol. The summed E-state index contributed by atoms with van der Waals surface area (Å²) in [7, 11) is 3.50. The average Bonchev–Trinajstić information content (AvgIpc) is 2.65. The molecule has 0 aliphatic carbocycles. The summed E-state index contributed by atoms with van der Waals surface area (Å²) < 4.78 is 18.0. The Morgan fingerprint density at radius 2 is 1.80 bits per heavy atom. The van der Waals surface area contributed by atoms with Crippen LogP contribution >= 0.6 is 0 Å². The van der Waals surface area contributed by atoms with Gasteiger partial charge >= 0.3 is 0 Å². The van der Waals surface area contributed by atoms with E-state index < -0.39 is 0 Å². The van der Waals surface area contributed by atoms with E-state index in [9.17, 15) is 4.39 Å². The van der Waals surface area contributed by atoms with E-state index in [1.54, 1.807) is 14.2 Å². The molecule has 1 saturated heterocycles. The SMILES string of the molecule is CN=C(NCCCOC)NCCN1CCN(c2ccc(F)cc2)CC1. The van der Waals surface area contributed by atoms with Gasteiger partial charge in [0, 0.05) is 72.3 Å². The molecule has 0 saturated carbocycles. The first-order valence-corrected chi connectivity index (χ1v) is 8.89. The Hall–Kier alpha value is -1.86. The monoisotopic (exact) mass is 351 g/mol. The van der Waals surface area contributed by atoms with Gasteiger partial charge in [-0.15, -0.1) is 0 Å². The van der Waals surface area contributed by atoms with Gasteiger partial charge in [0.25, 0.3) is 0 Å². The standard InChI is InChI=1S/C18H30FN5O/c1-20-18(21-8-3-15-25-2)22-9-10-23-11-13-24(14-12-23)17-6-4-16(19)5-7-17/h4-7H,3,8-15H2,1-2H3,(H2,20,21,22). The molecular formula is C18H30FN5O. The molecule has 2 N–H and O–H groups in total. The summed E-state index contributed by atoms with van der Waals surface area (Å²) in [6.45, 7) is 7.41. The van der Waals surface area contributed by atoms with Gasteiger partial charge in [0.2, 0.25) is 0 Å². The fourth-order valence-electron chi connectivity index (χ4n) is 2.86. The van der Waals surface area contributed by atoms with Crippen LogP contribution in [0, 0.1) is 5.82 Å². The molecule has 1 aliphatic heterocycles. The number of halogens is 1. The van der Waals surface area contributed by atoms with Crippen LogP contribution in [-0.2, 0) is 4.74 Å². The minimum Gasteiger partial charge on any atom is -0.385 e. The van der Waals surface area contributed by atoms with Crippen molar-refractivity contribution >= 4 is 11.6 Å². The number of rotatable bonds is 8. The van der Waals surface area contributed by atoms with Crippen molar-refractivity contribution in [1.82, 2.24) is 15.5 Å². The predicted octanol–water partition coefficient (Wildman–Crippen LogP) is 1.15. The molecular weight excluding hydrogens is 321 g/mol. The van der Waals surface area contributed by atoms with Crippen molar-refractivity contribution in [2.24, 2.45) is 4.99 Å². The molecule has 0 aromatic heterocycles. The number of methoxy groups -OCH3 is 1. The van der Waals surface area contributed by atoms with Crippen molar-refractivity contribution in [3.05, 3.63) is 30.1 Å². The van der Waals surface area contributed by atoms with E-state index in [2.05, 4.69) is 25.4 Å². The van der Waals surface area contributed by atoms with E-state index in [4.69, 9.17) is 4.74 Å². The summed E-state index contributed by atoms with van der Waals surface area (Å²) in [4.78, 5) is 8.96. The molecule has 1 fully saturated rings. The quantitative estimate of drug-likeness (QED) is 0.418. The first-order valence-electron chi connectivity index (χ1n) is 8.89. The number of aliphatic imine (C=N–C) groups is 1. The minimum absolute atomic E-state index is 0.183. The summed E-state index contributed by atoms with van der Waals surface area (Å²) in [5, 5.41) is 6.62. The van der Waals surface area contributed by atoms with Gasteiger partial charge in [-0.25, -0.2) is 4.39 Å². The molecule has 1 heterocycles. The second-order valence-corrected chi connectivity index (χ2v) is 6.08. The highest BCUT2D eigenvalue weighted by Crippen LogP contribution is 2.16. The van der Waals surface area contributed by atoms with Gasteiger partial charge in [0.15, 0.2) is 5.96 Å². The smallest absolute Gasteiger partial charge is 0.191 e. The van der Waals surface area contributed by atoms with Gasteiger partial charge in [-0.05, 0) is 30.7 Å². The van der Waals surface area contributed by atoms with Crippen molar-refractivity contribution in [3.63, 3.8) is 0 Å². The molecule has 1 aromatic rings. The molecule has 2 rings (SSSR count). The number of hydrogen-bond donors (Lipinski definition) is 2. The Morgan fingerprint density at radius 1 is 1.12 bits per heavy atom. The Kier molecular flexibility index (Phi) is 8.48. The molecule has 0 spiro atoms. The van der Waals surface area contributed by atoms with Crippen LogP contribution < -0.4 is 15.5 Å². The van der Waals surface area contributed by atoms with Crippen molar-refractivity contribution in [1.29, 1.82) is 0 Å². The van der Waals surface area contributed by atoms with Crippen molar-refractivity contribution in [2.45, 2.75) is 6.42 Å².